The molecule has 0 unspecified atom stereocenters. The minimum atomic E-state index is -0.121. The van der Waals surface area contributed by atoms with Crippen LogP contribution in [0.3, 0.4) is 0 Å². The molecule has 0 aromatic heterocycles. The lowest BCUT2D eigenvalue weighted by atomic mass is 9.85. The Bertz CT molecular complexity index is 872. The van der Waals surface area contributed by atoms with Crippen LogP contribution in [0, 0.1) is 0 Å². The summed E-state index contributed by atoms with van der Waals surface area (Å²) in [6.07, 6.45) is 3.44. The number of allylic oxidation sites excluding steroid dienone is 1. The van der Waals surface area contributed by atoms with Gasteiger partial charge in [0.1, 0.15) is 11.5 Å². The maximum atomic E-state index is 12.6. The molecule has 156 valence electrons. The quantitative estimate of drug-likeness (QED) is 0.353. The maximum absolute atomic E-state index is 12.6. The highest BCUT2D eigenvalue weighted by molar-refractivity contribution is 6.07. The van der Waals surface area contributed by atoms with Gasteiger partial charge in [-0.05, 0) is 75.6 Å². The molecule has 2 aromatic carbocycles. The highest BCUT2D eigenvalue weighted by atomic mass is 16.5. The van der Waals surface area contributed by atoms with Crippen LogP contribution < -0.4 is 15.2 Å². The van der Waals surface area contributed by atoms with E-state index in [-0.39, 0.29) is 23.4 Å². The Morgan fingerprint density at radius 2 is 1.48 bits per heavy atom. The molecular weight excluding hydrogens is 362 g/mol. The molecule has 2 aromatic rings. The molecule has 0 aliphatic carbocycles. The molecule has 0 saturated carbocycles. The van der Waals surface area contributed by atoms with Gasteiger partial charge in [-0.1, -0.05) is 20.8 Å². The van der Waals surface area contributed by atoms with Crippen molar-refractivity contribution in [3.63, 3.8) is 0 Å². The van der Waals surface area contributed by atoms with E-state index in [1.165, 1.54) is 0 Å². The molecule has 0 amide bonds. The summed E-state index contributed by atoms with van der Waals surface area (Å²) in [7, 11) is 0. The van der Waals surface area contributed by atoms with E-state index in [9.17, 15) is 4.79 Å². The van der Waals surface area contributed by atoms with Crippen molar-refractivity contribution in [1.29, 1.82) is 0 Å². The predicted molar refractivity (Wildman–Crippen MR) is 121 cm³/mol. The molecular formula is C25H33NO3. The van der Waals surface area contributed by atoms with E-state index in [2.05, 4.69) is 26.8 Å². The molecule has 29 heavy (non-hydrogen) atoms. The van der Waals surface area contributed by atoms with Crippen molar-refractivity contribution in [2.75, 3.05) is 5.73 Å². The Hall–Kier alpha value is -2.75. The largest absolute Gasteiger partial charge is 0.491 e. The molecule has 0 aliphatic rings. The topological polar surface area (TPSA) is 61.5 Å². The summed E-state index contributed by atoms with van der Waals surface area (Å²) in [6, 6.07) is 10.9. The summed E-state index contributed by atoms with van der Waals surface area (Å²) in [5.74, 6) is 1.43. The minimum Gasteiger partial charge on any atom is -0.491 e. The van der Waals surface area contributed by atoms with Crippen LogP contribution in [0.4, 0.5) is 5.69 Å². The summed E-state index contributed by atoms with van der Waals surface area (Å²) in [5.41, 5.74) is 8.74. The van der Waals surface area contributed by atoms with Gasteiger partial charge in [-0.3, -0.25) is 4.79 Å². The van der Waals surface area contributed by atoms with E-state index in [1.54, 1.807) is 30.3 Å². The summed E-state index contributed by atoms with van der Waals surface area (Å²) in [5, 5.41) is 0. The molecule has 0 radical (unpaired) electrons. The number of nitrogen functional groups attached to an aromatic ring is 1. The second-order valence-corrected chi connectivity index (χ2v) is 8.79. The van der Waals surface area contributed by atoms with E-state index in [0.717, 1.165) is 16.9 Å². The molecule has 4 nitrogen and oxygen atoms in total. The van der Waals surface area contributed by atoms with Crippen LogP contribution in [0.25, 0.3) is 6.08 Å². The molecule has 2 N–H and O–H groups in total. The monoisotopic (exact) mass is 395 g/mol. The highest BCUT2D eigenvalue weighted by Crippen LogP contribution is 2.38. The van der Waals surface area contributed by atoms with E-state index < -0.39 is 0 Å². The van der Waals surface area contributed by atoms with Crippen molar-refractivity contribution >= 4 is 17.5 Å². The number of rotatable bonds is 7. The predicted octanol–water partition coefficient (Wildman–Crippen LogP) is 6.04. The fourth-order valence-corrected chi connectivity index (χ4v) is 2.91. The van der Waals surface area contributed by atoms with Gasteiger partial charge in [0.25, 0.3) is 0 Å². The van der Waals surface area contributed by atoms with Crippen LogP contribution in [0.2, 0.25) is 0 Å². The molecule has 0 bridgehead atoms. The van der Waals surface area contributed by atoms with Gasteiger partial charge in [0.2, 0.25) is 0 Å². The Morgan fingerprint density at radius 1 is 0.931 bits per heavy atom. The van der Waals surface area contributed by atoms with Crippen LogP contribution in [-0.4, -0.2) is 18.0 Å². The lowest BCUT2D eigenvalue weighted by Crippen LogP contribution is -2.17. The smallest absolute Gasteiger partial charge is 0.185 e. The van der Waals surface area contributed by atoms with E-state index in [1.807, 2.05) is 39.8 Å². The number of ether oxygens (including phenoxy) is 2. The zero-order chi connectivity index (χ0) is 21.8. The van der Waals surface area contributed by atoms with Crippen molar-refractivity contribution in [3.05, 3.63) is 59.2 Å². The Kier molecular flexibility index (Phi) is 7.12. The standard InChI is InChI=1S/C25H33NO3/c1-16(2)28-23-15-24(29-17(3)4)21(25(5,6)7)14-19(23)10-13-22(27)18-8-11-20(26)12-9-18/h8-17H,26H2,1-7H3. The average Bonchev–Trinajstić information content (AvgIpc) is 2.59. The summed E-state index contributed by atoms with van der Waals surface area (Å²) in [6.45, 7) is 14.4. The van der Waals surface area contributed by atoms with Gasteiger partial charge >= 0.3 is 0 Å². The fourth-order valence-electron chi connectivity index (χ4n) is 2.91. The van der Waals surface area contributed by atoms with Crippen LogP contribution >= 0.6 is 0 Å². The van der Waals surface area contributed by atoms with Crippen LogP contribution in [0.1, 0.15) is 70.0 Å². The van der Waals surface area contributed by atoms with Crippen molar-refractivity contribution in [2.45, 2.75) is 66.1 Å². The second kappa shape index (κ2) is 9.17. The number of benzene rings is 2. The molecule has 0 saturated heterocycles. The van der Waals surface area contributed by atoms with E-state index in [0.29, 0.717) is 17.0 Å². The zero-order valence-electron chi connectivity index (χ0n) is 18.6. The van der Waals surface area contributed by atoms with Gasteiger partial charge in [0, 0.05) is 28.4 Å². The molecule has 0 aliphatic heterocycles. The van der Waals surface area contributed by atoms with Gasteiger partial charge in [-0.2, -0.15) is 0 Å². The lowest BCUT2D eigenvalue weighted by Gasteiger charge is -2.26. The third kappa shape index (κ3) is 6.38. The van der Waals surface area contributed by atoms with Gasteiger partial charge < -0.3 is 15.2 Å². The van der Waals surface area contributed by atoms with E-state index in [4.69, 9.17) is 15.2 Å². The number of anilines is 1. The molecule has 4 heteroatoms. The average molecular weight is 396 g/mol. The normalized spacial score (nSPS) is 12.0. The van der Waals surface area contributed by atoms with Crippen LogP contribution in [-0.2, 0) is 5.41 Å². The number of carbonyl (C=O) groups excluding carboxylic acids is 1. The number of nitrogens with two attached hydrogens (primary N) is 1. The number of ketones is 1. The Balaban J connectivity index is 2.49. The minimum absolute atomic E-state index is 0.00216. The summed E-state index contributed by atoms with van der Waals surface area (Å²) >= 11 is 0. The van der Waals surface area contributed by atoms with Gasteiger partial charge in [-0.15, -0.1) is 0 Å². The highest BCUT2D eigenvalue weighted by Gasteiger charge is 2.22. The zero-order valence-corrected chi connectivity index (χ0v) is 18.6. The van der Waals surface area contributed by atoms with Crippen molar-refractivity contribution in [3.8, 4) is 11.5 Å². The first kappa shape index (κ1) is 22.5. The number of hydrogen-bond acceptors (Lipinski definition) is 4. The van der Waals surface area contributed by atoms with E-state index >= 15 is 0 Å². The van der Waals surface area contributed by atoms with Crippen molar-refractivity contribution in [1.82, 2.24) is 0 Å². The summed E-state index contributed by atoms with van der Waals surface area (Å²) in [4.78, 5) is 12.6. The molecule has 0 atom stereocenters. The summed E-state index contributed by atoms with van der Waals surface area (Å²) < 4.78 is 12.1. The van der Waals surface area contributed by atoms with Crippen molar-refractivity contribution < 1.29 is 14.3 Å². The van der Waals surface area contributed by atoms with Crippen LogP contribution in [0.5, 0.6) is 11.5 Å². The molecule has 0 fully saturated rings. The molecule has 2 rings (SSSR count). The first-order valence-corrected chi connectivity index (χ1v) is 10.1. The molecule has 0 spiro atoms. The SMILES string of the molecule is CC(C)Oc1cc(OC(C)C)c(C(C)(C)C)cc1C=CC(=O)c1ccc(N)cc1. The third-order valence-electron chi connectivity index (χ3n) is 4.25. The van der Waals surface area contributed by atoms with Crippen molar-refractivity contribution in [2.24, 2.45) is 0 Å². The van der Waals surface area contributed by atoms with Crippen LogP contribution in [0.15, 0.2) is 42.5 Å². The lowest BCUT2D eigenvalue weighted by molar-refractivity contribution is 0.104. The number of carbonyl (C=O) groups is 1. The van der Waals surface area contributed by atoms with Gasteiger partial charge in [0.15, 0.2) is 5.78 Å². The maximum Gasteiger partial charge on any atom is 0.185 e. The Labute approximate surface area is 174 Å². The van der Waals surface area contributed by atoms with Gasteiger partial charge in [0.05, 0.1) is 12.2 Å². The first-order chi connectivity index (χ1) is 13.5. The molecule has 0 heterocycles. The second-order valence-electron chi connectivity index (χ2n) is 8.79. The first-order valence-electron chi connectivity index (χ1n) is 10.1. The van der Waals surface area contributed by atoms with Gasteiger partial charge in [-0.25, -0.2) is 0 Å². The fraction of sp³-hybridized carbons (Fsp3) is 0.400. The number of hydrogen-bond donors (Lipinski definition) is 1. The Morgan fingerprint density at radius 3 is 2.00 bits per heavy atom. The third-order valence-corrected chi connectivity index (χ3v) is 4.25.